The fourth-order valence-corrected chi connectivity index (χ4v) is 2.26. The number of carbonyl (C=O) groups is 1. The molecule has 0 saturated carbocycles. The summed E-state index contributed by atoms with van der Waals surface area (Å²) >= 11 is 0. The molecular formula is C11H18N4O2. The molecule has 17 heavy (non-hydrogen) atoms. The Morgan fingerprint density at radius 1 is 1.65 bits per heavy atom. The van der Waals surface area contributed by atoms with Gasteiger partial charge < -0.3 is 16.2 Å². The normalized spacial score (nSPS) is 23.5. The lowest BCUT2D eigenvalue weighted by atomic mass is 9.94. The van der Waals surface area contributed by atoms with E-state index >= 15 is 0 Å². The lowest BCUT2D eigenvalue weighted by Crippen LogP contribution is -2.35. The van der Waals surface area contributed by atoms with Gasteiger partial charge in [0.15, 0.2) is 0 Å². The summed E-state index contributed by atoms with van der Waals surface area (Å²) in [5.41, 5.74) is 11.2. The summed E-state index contributed by atoms with van der Waals surface area (Å²) in [7, 11) is 0. The summed E-state index contributed by atoms with van der Waals surface area (Å²) in [4.78, 5) is 11.1. The van der Waals surface area contributed by atoms with Crippen LogP contribution in [0.5, 0.6) is 0 Å². The summed E-state index contributed by atoms with van der Waals surface area (Å²) in [5, 5.41) is 4.16. The van der Waals surface area contributed by atoms with Crippen molar-refractivity contribution in [3.63, 3.8) is 0 Å². The number of anilines is 1. The average Bonchev–Trinajstić information content (AvgIpc) is 2.58. The summed E-state index contributed by atoms with van der Waals surface area (Å²) in [6, 6.07) is 0.159. The smallest absolute Gasteiger partial charge is 0.254 e. The maximum atomic E-state index is 11.1. The molecular weight excluding hydrogens is 220 g/mol. The van der Waals surface area contributed by atoms with E-state index in [9.17, 15) is 4.79 Å². The molecule has 1 aromatic heterocycles. The van der Waals surface area contributed by atoms with E-state index in [-0.39, 0.29) is 17.2 Å². The van der Waals surface area contributed by atoms with Gasteiger partial charge in [0.25, 0.3) is 5.91 Å². The number of hydrogen-bond acceptors (Lipinski definition) is 4. The molecule has 1 aliphatic heterocycles. The second-order valence-corrected chi connectivity index (χ2v) is 5.01. The van der Waals surface area contributed by atoms with Crippen molar-refractivity contribution in [2.75, 3.05) is 12.3 Å². The Labute approximate surface area is 99.9 Å². The van der Waals surface area contributed by atoms with Gasteiger partial charge in [-0.05, 0) is 26.7 Å². The minimum Gasteiger partial charge on any atom is -0.383 e. The third kappa shape index (κ3) is 2.26. The monoisotopic (exact) mass is 238 g/mol. The third-order valence-electron chi connectivity index (χ3n) is 3.12. The molecule has 1 aromatic rings. The van der Waals surface area contributed by atoms with Gasteiger partial charge in [-0.15, -0.1) is 0 Å². The zero-order valence-electron chi connectivity index (χ0n) is 10.1. The van der Waals surface area contributed by atoms with Gasteiger partial charge in [0.1, 0.15) is 11.4 Å². The molecule has 0 aliphatic carbocycles. The summed E-state index contributed by atoms with van der Waals surface area (Å²) in [6.45, 7) is 4.74. The Kier molecular flexibility index (Phi) is 2.82. The number of aromatic nitrogens is 2. The molecule has 1 amide bonds. The van der Waals surface area contributed by atoms with E-state index in [0.29, 0.717) is 12.4 Å². The van der Waals surface area contributed by atoms with Crippen molar-refractivity contribution >= 4 is 11.7 Å². The molecule has 1 saturated heterocycles. The molecule has 4 N–H and O–H groups in total. The highest BCUT2D eigenvalue weighted by molar-refractivity contribution is 5.96. The van der Waals surface area contributed by atoms with Gasteiger partial charge in [-0.25, -0.2) is 4.68 Å². The van der Waals surface area contributed by atoms with Gasteiger partial charge >= 0.3 is 0 Å². The van der Waals surface area contributed by atoms with E-state index in [1.165, 1.54) is 6.20 Å². The maximum absolute atomic E-state index is 11.1. The van der Waals surface area contributed by atoms with Crippen LogP contribution in [-0.2, 0) is 4.74 Å². The SMILES string of the molecule is CC1(C)CC(n2ncc(C(N)=O)c2N)CCO1. The highest BCUT2D eigenvalue weighted by atomic mass is 16.5. The Morgan fingerprint density at radius 3 is 2.88 bits per heavy atom. The Hall–Kier alpha value is -1.56. The standard InChI is InChI=1S/C11H18N4O2/c1-11(2)5-7(3-4-17-11)15-9(12)8(6-14-15)10(13)16/h6-7H,3-5,12H2,1-2H3,(H2,13,16). The predicted octanol–water partition coefficient (Wildman–Crippen LogP) is 0.694. The van der Waals surface area contributed by atoms with Crippen molar-refractivity contribution in [2.45, 2.75) is 38.3 Å². The Morgan fingerprint density at radius 2 is 2.35 bits per heavy atom. The maximum Gasteiger partial charge on any atom is 0.254 e. The van der Waals surface area contributed by atoms with Crippen molar-refractivity contribution in [3.8, 4) is 0 Å². The van der Waals surface area contributed by atoms with Gasteiger partial charge in [0.2, 0.25) is 0 Å². The summed E-state index contributed by atoms with van der Waals surface area (Å²) < 4.78 is 7.32. The van der Waals surface area contributed by atoms with Crippen LogP contribution < -0.4 is 11.5 Å². The second-order valence-electron chi connectivity index (χ2n) is 5.01. The van der Waals surface area contributed by atoms with Crippen LogP contribution in [0.2, 0.25) is 0 Å². The number of hydrogen-bond donors (Lipinski definition) is 2. The van der Waals surface area contributed by atoms with Crippen LogP contribution >= 0.6 is 0 Å². The number of rotatable bonds is 2. The van der Waals surface area contributed by atoms with Crippen LogP contribution in [0.15, 0.2) is 6.20 Å². The first kappa shape index (κ1) is 11.9. The number of nitrogen functional groups attached to an aromatic ring is 1. The zero-order valence-corrected chi connectivity index (χ0v) is 10.1. The van der Waals surface area contributed by atoms with Crippen molar-refractivity contribution in [3.05, 3.63) is 11.8 Å². The van der Waals surface area contributed by atoms with Crippen molar-refractivity contribution < 1.29 is 9.53 Å². The van der Waals surface area contributed by atoms with Gasteiger partial charge in [-0.2, -0.15) is 5.10 Å². The van der Waals surface area contributed by atoms with E-state index in [4.69, 9.17) is 16.2 Å². The van der Waals surface area contributed by atoms with Crippen LogP contribution in [-0.4, -0.2) is 27.9 Å². The molecule has 1 fully saturated rings. The number of primary amides is 1. The van der Waals surface area contributed by atoms with Gasteiger partial charge in [-0.1, -0.05) is 0 Å². The fraction of sp³-hybridized carbons (Fsp3) is 0.636. The van der Waals surface area contributed by atoms with E-state index in [1.807, 2.05) is 13.8 Å². The Balaban J connectivity index is 2.25. The molecule has 0 radical (unpaired) electrons. The van der Waals surface area contributed by atoms with E-state index < -0.39 is 5.91 Å². The topological polar surface area (TPSA) is 96.2 Å². The summed E-state index contributed by atoms with van der Waals surface area (Å²) in [5.74, 6) is -0.194. The number of nitrogens with two attached hydrogens (primary N) is 2. The molecule has 1 atom stereocenters. The summed E-state index contributed by atoms with van der Waals surface area (Å²) in [6.07, 6.45) is 3.09. The largest absolute Gasteiger partial charge is 0.383 e. The molecule has 2 rings (SSSR count). The lowest BCUT2D eigenvalue weighted by Gasteiger charge is -2.35. The molecule has 1 aliphatic rings. The van der Waals surface area contributed by atoms with Crippen LogP contribution in [0.1, 0.15) is 43.1 Å². The fourth-order valence-electron chi connectivity index (χ4n) is 2.26. The molecule has 2 heterocycles. The quantitative estimate of drug-likeness (QED) is 0.792. The second kappa shape index (κ2) is 4.03. The van der Waals surface area contributed by atoms with Gasteiger partial charge in [-0.3, -0.25) is 4.79 Å². The van der Waals surface area contributed by atoms with Gasteiger partial charge in [0.05, 0.1) is 17.8 Å². The van der Waals surface area contributed by atoms with Crippen LogP contribution in [0, 0.1) is 0 Å². The van der Waals surface area contributed by atoms with E-state index in [1.54, 1.807) is 4.68 Å². The first-order valence-electron chi connectivity index (χ1n) is 5.67. The van der Waals surface area contributed by atoms with Crippen molar-refractivity contribution in [1.29, 1.82) is 0 Å². The van der Waals surface area contributed by atoms with Crippen molar-refractivity contribution in [2.24, 2.45) is 5.73 Å². The zero-order chi connectivity index (χ0) is 12.6. The highest BCUT2D eigenvalue weighted by Crippen LogP contribution is 2.33. The Bertz CT molecular complexity index is 439. The van der Waals surface area contributed by atoms with Crippen molar-refractivity contribution in [1.82, 2.24) is 9.78 Å². The average molecular weight is 238 g/mol. The minimum atomic E-state index is -0.542. The van der Waals surface area contributed by atoms with Crippen LogP contribution in [0.3, 0.4) is 0 Å². The van der Waals surface area contributed by atoms with E-state index in [2.05, 4.69) is 5.10 Å². The molecule has 6 heteroatoms. The van der Waals surface area contributed by atoms with Crippen LogP contribution in [0.4, 0.5) is 5.82 Å². The third-order valence-corrected chi connectivity index (χ3v) is 3.12. The minimum absolute atomic E-state index is 0.159. The molecule has 0 spiro atoms. The first-order chi connectivity index (χ1) is 7.91. The van der Waals surface area contributed by atoms with Gasteiger partial charge in [0, 0.05) is 6.61 Å². The highest BCUT2D eigenvalue weighted by Gasteiger charge is 2.31. The number of ether oxygens (including phenoxy) is 1. The number of nitrogens with zero attached hydrogens (tertiary/aromatic N) is 2. The van der Waals surface area contributed by atoms with Crippen LogP contribution in [0.25, 0.3) is 0 Å². The van der Waals surface area contributed by atoms with E-state index in [0.717, 1.165) is 12.8 Å². The molecule has 0 bridgehead atoms. The number of carbonyl (C=O) groups excluding carboxylic acids is 1. The number of amides is 1. The molecule has 0 aromatic carbocycles. The first-order valence-corrected chi connectivity index (χ1v) is 5.67. The predicted molar refractivity (Wildman–Crippen MR) is 63.5 cm³/mol. The molecule has 1 unspecified atom stereocenters. The molecule has 94 valence electrons. The lowest BCUT2D eigenvalue weighted by molar-refractivity contribution is -0.0704. The molecule has 6 nitrogen and oxygen atoms in total.